The molecule has 2 saturated heterocycles. The summed E-state index contributed by atoms with van der Waals surface area (Å²) in [6.45, 7) is 1.36. The topological polar surface area (TPSA) is 59.8 Å². The van der Waals surface area contributed by atoms with Crippen molar-refractivity contribution in [3.63, 3.8) is 0 Å². The van der Waals surface area contributed by atoms with Crippen LogP contribution in [0.1, 0.15) is 5.56 Å². The number of hydrogen-bond donors (Lipinski definition) is 2. The minimum absolute atomic E-state index is 0.0579. The molecule has 0 aliphatic carbocycles. The van der Waals surface area contributed by atoms with E-state index in [1.807, 2.05) is 0 Å². The zero-order valence-electron chi connectivity index (χ0n) is 9.66. The SMILES string of the molecule is NCc1c(OCC2NCC3OC23)ccc(Cl)c1F. The van der Waals surface area contributed by atoms with Crippen LogP contribution < -0.4 is 15.8 Å². The monoisotopic (exact) mass is 272 g/mol. The number of rotatable bonds is 4. The van der Waals surface area contributed by atoms with Gasteiger partial charge >= 0.3 is 0 Å². The van der Waals surface area contributed by atoms with Crippen molar-refractivity contribution in [2.75, 3.05) is 13.2 Å². The maximum absolute atomic E-state index is 13.7. The van der Waals surface area contributed by atoms with Crippen molar-refractivity contribution < 1.29 is 13.9 Å². The molecule has 3 atom stereocenters. The van der Waals surface area contributed by atoms with Crippen LogP contribution in [0.5, 0.6) is 5.75 Å². The fraction of sp³-hybridized carbons (Fsp3) is 0.500. The number of halogens is 2. The van der Waals surface area contributed by atoms with Gasteiger partial charge in [-0.1, -0.05) is 11.6 Å². The second kappa shape index (κ2) is 4.66. The number of nitrogens with two attached hydrogens (primary N) is 1. The summed E-state index contributed by atoms with van der Waals surface area (Å²) < 4.78 is 24.7. The minimum atomic E-state index is -0.503. The molecule has 3 unspecified atom stereocenters. The Morgan fingerprint density at radius 3 is 3.00 bits per heavy atom. The van der Waals surface area contributed by atoms with E-state index in [1.54, 1.807) is 6.07 Å². The van der Waals surface area contributed by atoms with Crippen LogP contribution in [0.15, 0.2) is 12.1 Å². The van der Waals surface area contributed by atoms with E-state index < -0.39 is 5.82 Å². The van der Waals surface area contributed by atoms with Crippen LogP contribution in [0.4, 0.5) is 4.39 Å². The molecule has 0 aromatic heterocycles. The largest absolute Gasteiger partial charge is 0.491 e. The van der Waals surface area contributed by atoms with Crippen molar-refractivity contribution in [2.45, 2.75) is 24.8 Å². The summed E-state index contributed by atoms with van der Waals surface area (Å²) in [6, 6.07) is 3.29. The highest BCUT2D eigenvalue weighted by Gasteiger charge is 2.50. The third-order valence-electron chi connectivity index (χ3n) is 3.38. The minimum Gasteiger partial charge on any atom is -0.491 e. The Morgan fingerprint density at radius 2 is 2.39 bits per heavy atom. The van der Waals surface area contributed by atoms with Gasteiger partial charge in [0.2, 0.25) is 0 Å². The van der Waals surface area contributed by atoms with E-state index in [-0.39, 0.29) is 23.7 Å². The average Bonchev–Trinajstić information content (AvgIpc) is 3.05. The molecule has 2 heterocycles. The van der Waals surface area contributed by atoms with Gasteiger partial charge in [0.25, 0.3) is 0 Å². The standard InChI is InChI=1S/C12H14ClFN2O2/c13-7-1-2-9(6(3-15)11(7)14)17-5-8-12-10(18-12)4-16-8/h1-2,8,10,12,16H,3-5,15H2. The predicted octanol–water partition coefficient (Wildman–Crippen LogP) is 1.06. The summed E-state index contributed by atoms with van der Waals surface area (Å²) in [5.74, 6) is -0.0538. The zero-order chi connectivity index (χ0) is 12.7. The number of hydrogen-bond acceptors (Lipinski definition) is 4. The van der Waals surface area contributed by atoms with E-state index in [0.29, 0.717) is 24.0 Å². The zero-order valence-corrected chi connectivity index (χ0v) is 10.4. The Hall–Kier alpha value is -0.880. The van der Waals surface area contributed by atoms with Gasteiger partial charge in [-0.2, -0.15) is 0 Å². The summed E-state index contributed by atoms with van der Waals surface area (Å²) >= 11 is 5.70. The van der Waals surface area contributed by atoms with Gasteiger partial charge in [-0.15, -0.1) is 0 Å². The van der Waals surface area contributed by atoms with Crippen molar-refractivity contribution in [2.24, 2.45) is 5.73 Å². The van der Waals surface area contributed by atoms with Gasteiger partial charge in [-0.05, 0) is 12.1 Å². The molecule has 1 aromatic rings. The van der Waals surface area contributed by atoms with Crippen LogP contribution in [0, 0.1) is 5.82 Å². The molecule has 2 aliphatic heterocycles. The number of ether oxygens (including phenoxy) is 2. The molecule has 98 valence electrons. The summed E-state index contributed by atoms with van der Waals surface area (Å²) in [7, 11) is 0. The van der Waals surface area contributed by atoms with Crippen molar-refractivity contribution in [3.8, 4) is 5.75 Å². The fourth-order valence-electron chi connectivity index (χ4n) is 2.29. The molecule has 2 aliphatic rings. The van der Waals surface area contributed by atoms with E-state index in [0.717, 1.165) is 6.54 Å². The molecule has 4 nitrogen and oxygen atoms in total. The van der Waals surface area contributed by atoms with Crippen molar-refractivity contribution >= 4 is 11.6 Å². The quantitative estimate of drug-likeness (QED) is 0.805. The molecular formula is C12H14ClFN2O2. The van der Waals surface area contributed by atoms with Gasteiger partial charge in [0.05, 0.1) is 17.2 Å². The molecule has 0 bridgehead atoms. The smallest absolute Gasteiger partial charge is 0.149 e. The van der Waals surface area contributed by atoms with Gasteiger partial charge in [-0.25, -0.2) is 4.39 Å². The van der Waals surface area contributed by atoms with Crippen molar-refractivity contribution in [1.82, 2.24) is 5.32 Å². The van der Waals surface area contributed by atoms with Crippen molar-refractivity contribution in [3.05, 3.63) is 28.5 Å². The molecular weight excluding hydrogens is 259 g/mol. The summed E-state index contributed by atoms with van der Waals surface area (Å²) in [5.41, 5.74) is 5.83. The van der Waals surface area contributed by atoms with Crippen LogP contribution in [0.3, 0.4) is 0 Å². The number of fused-ring (bicyclic) bond motifs is 1. The number of morpholine rings is 1. The van der Waals surface area contributed by atoms with Gasteiger partial charge in [-0.3, -0.25) is 0 Å². The van der Waals surface area contributed by atoms with Crippen LogP contribution in [-0.4, -0.2) is 31.4 Å². The van der Waals surface area contributed by atoms with Crippen LogP contribution in [0.2, 0.25) is 5.02 Å². The van der Waals surface area contributed by atoms with E-state index in [1.165, 1.54) is 6.07 Å². The highest BCUT2D eigenvalue weighted by molar-refractivity contribution is 6.30. The fourth-order valence-corrected chi connectivity index (χ4v) is 2.47. The van der Waals surface area contributed by atoms with Gasteiger partial charge in [0.1, 0.15) is 24.3 Å². The maximum Gasteiger partial charge on any atom is 0.149 e. The summed E-state index contributed by atoms with van der Waals surface area (Å²) in [5, 5.41) is 3.35. The van der Waals surface area contributed by atoms with Crippen LogP contribution >= 0.6 is 11.6 Å². The molecule has 18 heavy (non-hydrogen) atoms. The van der Waals surface area contributed by atoms with Gasteiger partial charge < -0.3 is 20.5 Å². The van der Waals surface area contributed by atoms with Crippen LogP contribution in [0.25, 0.3) is 0 Å². The first-order chi connectivity index (χ1) is 8.70. The normalized spacial score (nSPS) is 29.2. The first kappa shape index (κ1) is 12.2. The Morgan fingerprint density at radius 1 is 1.56 bits per heavy atom. The van der Waals surface area contributed by atoms with Gasteiger partial charge in [0.15, 0.2) is 0 Å². The van der Waals surface area contributed by atoms with Crippen molar-refractivity contribution in [1.29, 1.82) is 0 Å². The Kier molecular flexibility index (Phi) is 3.15. The summed E-state index contributed by atoms with van der Waals surface area (Å²) in [4.78, 5) is 0. The maximum atomic E-state index is 13.7. The number of benzene rings is 1. The van der Waals surface area contributed by atoms with E-state index in [4.69, 9.17) is 26.8 Å². The molecule has 0 saturated carbocycles. The van der Waals surface area contributed by atoms with E-state index >= 15 is 0 Å². The molecule has 0 amide bonds. The number of epoxide rings is 1. The molecule has 1 aromatic carbocycles. The van der Waals surface area contributed by atoms with E-state index in [2.05, 4.69) is 5.32 Å². The molecule has 2 fully saturated rings. The third-order valence-corrected chi connectivity index (χ3v) is 3.67. The first-order valence-corrected chi connectivity index (χ1v) is 6.27. The molecule has 3 N–H and O–H groups in total. The first-order valence-electron chi connectivity index (χ1n) is 5.89. The number of nitrogens with one attached hydrogen (secondary N) is 1. The predicted molar refractivity (Wildman–Crippen MR) is 65.2 cm³/mol. The molecule has 0 spiro atoms. The third kappa shape index (κ3) is 2.07. The lowest BCUT2D eigenvalue weighted by Crippen LogP contribution is -2.34. The second-order valence-corrected chi connectivity index (χ2v) is 4.91. The average molecular weight is 273 g/mol. The molecule has 6 heteroatoms. The Labute approximate surface area is 109 Å². The lowest BCUT2D eigenvalue weighted by Gasteiger charge is -2.16. The highest BCUT2D eigenvalue weighted by Crippen LogP contribution is 2.32. The Bertz CT molecular complexity index is 472. The molecule has 3 rings (SSSR count). The lowest BCUT2D eigenvalue weighted by molar-refractivity contribution is 0.214. The Balaban J connectivity index is 1.70. The lowest BCUT2D eigenvalue weighted by atomic mass is 10.2. The highest BCUT2D eigenvalue weighted by atomic mass is 35.5. The van der Waals surface area contributed by atoms with Gasteiger partial charge in [0, 0.05) is 18.7 Å². The van der Waals surface area contributed by atoms with Crippen LogP contribution in [-0.2, 0) is 11.3 Å². The molecule has 0 radical (unpaired) electrons. The second-order valence-electron chi connectivity index (χ2n) is 4.51. The van der Waals surface area contributed by atoms with E-state index in [9.17, 15) is 4.39 Å². The summed E-state index contributed by atoms with van der Waals surface area (Å²) in [6.07, 6.45) is 0.568.